The molecule has 1 aliphatic carbocycles. The Hall–Kier alpha value is -1.35. The van der Waals surface area contributed by atoms with Gasteiger partial charge in [0.1, 0.15) is 0 Å². The highest BCUT2D eigenvalue weighted by atomic mass is 32.1. The smallest absolute Gasteiger partial charge is 0.177 e. The summed E-state index contributed by atoms with van der Waals surface area (Å²) in [4.78, 5) is 3.24. The van der Waals surface area contributed by atoms with Gasteiger partial charge in [-0.1, -0.05) is 43.7 Å². The van der Waals surface area contributed by atoms with Crippen molar-refractivity contribution >= 4 is 12.2 Å². The zero-order chi connectivity index (χ0) is 13.9. The van der Waals surface area contributed by atoms with E-state index in [1.165, 1.54) is 43.4 Å². The van der Waals surface area contributed by atoms with E-state index in [1.807, 2.05) is 0 Å². The normalized spacial score (nSPS) is 22.9. The Balaban J connectivity index is 1.91. The summed E-state index contributed by atoms with van der Waals surface area (Å²) >= 11 is 5.52. The van der Waals surface area contributed by atoms with E-state index < -0.39 is 0 Å². The van der Waals surface area contributed by atoms with Gasteiger partial charge in [0, 0.05) is 12.2 Å². The molecule has 0 unspecified atom stereocenters. The number of hydrogen-bond donors (Lipinski definition) is 1. The Morgan fingerprint density at radius 3 is 2.50 bits per heavy atom. The van der Waals surface area contributed by atoms with Gasteiger partial charge in [-0.25, -0.2) is 0 Å². The van der Waals surface area contributed by atoms with Crippen LogP contribution in [0.25, 0.3) is 11.3 Å². The van der Waals surface area contributed by atoms with Gasteiger partial charge in [0.2, 0.25) is 0 Å². The van der Waals surface area contributed by atoms with Crippen LogP contribution in [0, 0.1) is 10.7 Å². The molecule has 0 spiro atoms. The first-order valence-corrected chi connectivity index (χ1v) is 8.05. The number of aromatic amines is 1. The molecule has 0 atom stereocenters. The summed E-state index contributed by atoms with van der Waals surface area (Å²) in [6.45, 7) is 2.31. The van der Waals surface area contributed by atoms with Crippen LogP contribution in [-0.4, -0.2) is 9.55 Å². The second kappa shape index (κ2) is 5.96. The number of hydrogen-bond acceptors (Lipinski definition) is 1. The molecule has 0 aliphatic heterocycles. The Morgan fingerprint density at radius 2 is 1.85 bits per heavy atom. The fourth-order valence-electron chi connectivity index (χ4n) is 3.38. The predicted octanol–water partition coefficient (Wildman–Crippen LogP) is 5.35. The van der Waals surface area contributed by atoms with Gasteiger partial charge in [0.25, 0.3) is 0 Å². The van der Waals surface area contributed by atoms with Crippen molar-refractivity contribution in [2.45, 2.75) is 45.1 Å². The highest BCUT2D eigenvalue weighted by molar-refractivity contribution is 7.71. The van der Waals surface area contributed by atoms with E-state index in [2.05, 4.69) is 53.0 Å². The summed E-state index contributed by atoms with van der Waals surface area (Å²) in [5.74, 6) is 0.916. The molecule has 1 saturated carbocycles. The van der Waals surface area contributed by atoms with Gasteiger partial charge in [0.15, 0.2) is 4.77 Å². The molecule has 1 fully saturated rings. The molecular weight excluding hydrogens is 264 g/mol. The maximum atomic E-state index is 5.52. The topological polar surface area (TPSA) is 20.7 Å². The van der Waals surface area contributed by atoms with E-state index in [4.69, 9.17) is 12.2 Å². The Morgan fingerprint density at radius 1 is 1.15 bits per heavy atom. The summed E-state index contributed by atoms with van der Waals surface area (Å²) in [6.07, 6.45) is 8.56. The van der Waals surface area contributed by atoms with Crippen molar-refractivity contribution in [1.82, 2.24) is 9.55 Å². The van der Waals surface area contributed by atoms with Crippen molar-refractivity contribution < 1.29 is 0 Å². The lowest BCUT2D eigenvalue weighted by molar-refractivity contribution is 0.269. The number of imidazole rings is 1. The largest absolute Gasteiger partial charge is 0.337 e. The average molecular weight is 286 g/mol. The van der Waals surface area contributed by atoms with E-state index in [9.17, 15) is 0 Å². The molecule has 1 aromatic heterocycles. The van der Waals surface area contributed by atoms with E-state index in [-0.39, 0.29) is 0 Å². The average Bonchev–Trinajstić information content (AvgIpc) is 2.90. The van der Waals surface area contributed by atoms with E-state index in [0.717, 1.165) is 10.7 Å². The molecule has 1 aromatic carbocycles. The van der Waals surface area contributed by atoms with Gasteiger partial charge < -0.3 is 9.55 Å². The van der Waals surface area contributed by atoms with Gasteiger partial charge in [-0.2, -0.15) is 0 Å². The quantitative estimate of drug-likeness (QED) is 0.754. The van der Waals surface area contributed by atoms with Crippen LogP contribution in [0.1, 0.15) is 45.1 Å². The fraction of sp³-hybridized carbons (Fsp3) is 0.471. The van der Waals surface area contributed by atoms with E-state index in [1.54, 1.807) is 0 Å². The van der Waals surface area contributed by atoms with Crippen LogP contribution in [0.15, 0.2) is 36.5 Å². The van der Waals surface area contributed by atoms with Crippen LogP contribution in [0.2, 0.25) is 0 Å². The van der Waals surface area contributed by atoms with Crippen molar-refractivity contribution in [2.75, 3.05) is 0 Å². The molecule has 1 aliphatic rings. The number of nitrogens with zero attached hydrogens (tertiary/aromatic N) is 1. The maximum absolute atomic E-state index is 5.52. The van der Waals surface area contributed by atoms with Gasteiger partial charge in [-0.15, -0.1) is 0 Å². The molecule has 20 heavy (non-hydrogen) atoms. The zero-order valence-electron chi connectivity index (χ0n) is 12.0. The van der Waals surface area contributed by atoms with Gasteiger partial charge in [0.05, 0.1) is 5.69 Å². The van der Waals surface area contributed by atoms with Crippen molar-refractivity contribution in [1.29, 1.82) is 0 Å². The number of H-pyrrole nitrogens is 1. The third kappa shape index (κ3) is 2.59. The van der Waals surface area contributed by atoms with Crippen LogP contribution in [0.3, 0.4) is 0 Å². The highest BCUT2D eigenvalue weighted by Crippen LogP contribution is 2.36. The Bertz CT molecular complexity index is 603. The van der Waals surface area contributed by atoms with E-state index in [0.29, 0.717) is 6.04 Å². The SMILES string of the molecule is CCC1CCC(n2c(-c3ccccc3)c[nH]c2=S)CC1. The summed E-state index contributed by atoms with van der Waals surface area (Å²) in [7, 11) is 0. The molecule has 3 heteroatoms. The monoisotopic (exact) mass is 286 g/mol. The lowest BCUT2D eigenvalue weighted by Gasteiger charge is -2.29. The highest BCUT2D eigenvalue weighted by Gasteiger charge is 2.23. The first kappa shape index (κ1) is 13.6. The number of rotatable bonds is 3. The number of nitrogens with one attached hydrogen (secondary N) is 1. The maximum Gasteiger partial charge on any atom is 0.177 e. The van der Waals surface area contributed by atoms with Crippen molar-refractivity contribution in [3.05, 3.63) is 41.3 Å². The third-order valence-corrected chi connectivity index (χ3v) is 4.95. The molecule has 0 bridgehead atoms. The summed E-state index contributed by atoms with van der Waals surface area (Å²) in [6, 6.07) is 11.1. The first-order valence-electron chi connectivity index (χ1n) is 7.65. The number of benzene rings is 1. The van der Waals surface area contributed by atoms with Crippen LogP contribution < -0.4 is 0 Å². The van der Waals surface area contributed by atoms with Crippen LogP contribution >= 0.6 is 12.2 Å². The molecule has 2 aromatic rings. The summed E-state index contributed by atoms with van der Waals surface area (Å²) < 4.78 is 3.21. The number of aromatic nitrogens is 2. The standard InChI is InChI=1S/C17H22N2S/c1-2-13-8-10-15(11-9-13)19-16(12-18-17(19)20)14-6-4-3-5-7-14/h3-7,12-13,15H,2,8-11H2,1H3,(H,18,20). The Labute approximate surface area is 125 Å². The lowest BCUT2D eigenvalue weighted by Crippen LogP contribution is -2.18. The molecule has 2 nitrogen and oxygen atoms in total. The third-order valence-electron chi connectivity index (χ3n) is 4.64. The summed E-state index contributed by atoms with van der Waals surface area (Å²) in [5, 5.41) is 0. The van der Waals surface area contributed by atoms with Gasteiger partial charge in [-0.05, 0) is 49.4 Å². The molecule has 106 valence electrons. The minimum Gasteiger partial charge on any atom is -0.337 e. The molecule has 3 rings (SSSR count). The van der Waals surface area contributed by atoms with Gasteiger partial charge in [-0.3, -0.25) is 0 Å². The van der Waals surface area contributed by atoms with Crippen molar-refractivity contribution in [3.8, 4) is 11.3 Å². The fourth-order valence-corrected chi connectivity index (χ4v) is 3.69. The minimum absolute atomic E-state index is 0.562. The molecular formula is C17H22N2S. The lowest BCUT2D eigenvalue weighted by atomic mass is 9.84. The molecule has 0 saturated heterocycles. The van der Waals surface area contributed by atoms with Crippen molar-refractivity contribution in [2.24, 2.45) is 5.92 Å². The zero-order valence-corrected chi connectivity index (χ0v) is 12.8. The molecule has 1 heterocycles. The van der Waals surface area contributed by atoms with Crippen molar-refractivity contribution in [3.63, 3.8) is 0 Å². The minimum atomic E-state index is 0.562. The second-order valence-corrected chi connectivity index (χ2v) is 6.18. The Kier molecular flexibility index (Phi) is 4.06. The predicted molar refractivity (Wildman–Crippen MR) is 86.3 cm³/mol. The van der Waals surface area contributed by atoms with Crippen LogP contribution in [0.4, 0.5) is 0 Å². The first-order chi connectivity index (χ1) is 9.79. The summed E-state index contributed by atoms with van der Waals surface area (Å²) in [5.41, 5.74) is 2.48. The van der Waals surface area contributed by atoms with E-state index >= 15 is 0 Å². The molecule has 0 amide bonds. The van der Waals surface area contributed by atoms with Crippen LogP contribution in [-0.2, 0) is 0 Å². The van der Waals surface area contributed by atoms with Crippen LogP contribution in [0.5, 0.6) is 0 Å². The van der Waals surface area contributed by atoms with Gasteiger partial charge >= 0.3 is 0 Å². The molecule has 0 radical (unpaired) electrons. The second-order valence-electron chi connectivity index (χ2n) is 5.80. The molecule has 1 N–H and O–H groups in total.